The molecule has 0 aliphatic carbocycles. The molecule has 4 nitrogen and oxygen atoms in total. The van der Waals surface area contributed by atoms with Crippen molar-refractivity contribution in [1.29, 1.82) is 0 Å². The molecule has 0 aromatic heterocycles. The molecule has 2 atom stereocenters. The van der Waals surface area contributed by atoms with Crippen LogP contribution in [-0.2, 0) is 11.2 Å². The highest BCUT2D eigenvalue weighted by molar-refractivity contribution is 9.11. The van der Waals surface area contributed by atoms with Gasteiger partial charge in [-0.25, -0.2) is 0 Å². The van der Waals surface area contributed by atoms with E-state index in [0.717, 1.165) is 34.8 Å². The fraction of sp³-hybridized carbons (Fsp3) is 0.391. The number of benzene rings is 2. The summed E-state index contributed by atoms with van der Waals surface area (Å²) in [6.45, 7) is 2.95. The summed E-state index contributed by atoms with van der Waals surface area (Å²) in [7, 11) is 0. The summed E-state index contributed by atoms with van der Waals surface area (Å²) in [6.07, 6.45) is 5.06. The molecule has 0 saturated carbocycles. The van der Waals surface area contributed by atoms with E-state index in [0.29, 0.717) is 24.7 Å². The molecule has 9 heteroatoms. The highest BCUT2D eigenvalue weighted by Crippen LogP contribution is 2.38. The van der Waals surface area contributed by atoms with Crippen molar-refractivity contribution in [3.05, 3.63) is 53.3 Å². The van der Waals surface area contributed by atoms with Gasteiger partial charge in [0.05, 0.1) is 31.1 Å². The van der Waals surface area contributed by atoms with E-state index in [1.165, 1.54) is 0 Å². The van der Waals surface area contributed by atoms with Crippen LogP contribution >= 0.6 is 75.3 Å². The summed E-state index contributed by atoms with van der Waals surface area (Å²) in [5.74, 6) is 4.55. The summed E-state index contributed by atoms with van der Waals surface area (Å²) >= 11 is 20.2. The predicted molar refractivity (Wildman–Crippen MR) is 143 cm³/mol. The fourth-order valence-electron chi connectivity index (χ4n) is 2.69. The molecule has 0 spiro atoms. The summed E-state index contributed by atoms with van der Waals surface area (Å²) in [5.41, 5.74) is 2.19. The smallest absolute Gasteiger partial charge is 0.147 e. The first kappa shape index (κ1) is 28.0. The lowest BCUT2D eigenvalue weighted by Gasteiger charge is -2.16. The van der Waals surface area contributed by atoms with Crippen LogP contribution in [0.4, 0.5) is 0 Å². The second-order valence-corrected chi connectivity index (χ2v) is 10.9. The number of hydrogen-bond donors (Lipinski definition) is 1. The maximum atomic E-state index is 9.95. The first-order valence-corrected chi connectivity index (χ1v) is 13.4. The molecule has 2 rings (SSSR count). The third-order valence-corrected chi connectivity index (χ3v) is 7.10. The second kappa shape index (κ2) is 14.2. The Hall–Kier alpha value is -0.270. The van der Waals surface area contributed by atoms with E-state index in [4.69, 9.17) is 32.2 Å². The molecule has 1 N–H and O–H groups in total. The molecule has 0 fully saturated rings. The van der Waals surface area contributed by atoms with E-state index in [2.05, 4.69) is 69.6 Å². The highest BCUT2D eigenvalue weighted by atomic mass is 79.9. The minimum atomic E-state index is -0.773. The van der Waals surface area contributed by atoms with Crippen LogP contribution < -0.4 is 9.47 Å². The van der Waals surface area contributed by atoms with Crippen molar-refractivity contribution in [2.45, 2.75) is 19.4 Å². The van der Waals surface area contributed by atoms with Gasteiger partial charge in [0.15, 0.2) is 0 Å². The number of terminal acetylenes is 1. The van der Waals surface area contributed by atoms with E-state index < -0.39 is 6.10 Å². The lowest BCUT2D eigenvalue weighted by atomic mass is 10.0. The third kappa shape index (κ3) is 8.83. The first-order chi connectivity index (χ1) is 15.2. The molecule has 0 saturated heterocycles. The molecule has 2 aromatic carbocycles. The van der Waals surface area contributed by atoms with Crippen molar-refractivity contribution >= 4 is 75.3 Å². The Morgan fingerprint density at radius 2 is 1.38 bits per heavy atom. The van der Waals surface area contributed by atoms with E-state index >= 15 is 0 Å². The largest absolute Gasteiger partial charge is 0.491 e. The monoisotopic (exact) mass is 714 g/mol. The van der Waals surface area contributed by atoms with Gasteiger partial charge in [0.25, 0.3) is 0 Å². The average molecular weight is 719 g/mol. The molecular weight excluding hydrogens is 695 g/mol. The number of rotatable bonds is 12. The molecule has 0 heterocycles. The number of aliphatic hydroxyl groups excluding tert-OH is 1. The summed E-state index contributed by atoms with van der Waals surface area (Å²) < 4.78 is 20.1. The van der Waals surface area contributed by atoms with Gasteiger partial charge in [0.2, 0.25) is 0 Å². The molecular formula is C23H23Br4ClO4. The number of halogens is 5. The summed E-state index contributed by atoms with van der Waals surface area (Å²) in [6, 6.07) is 8.08. The van der Waals surface area contributed by atoms with Gasteiger partial charge < -0.3 is 19.3 Å². The Labute approximate surface area is 227 Å². The van der Waals surface area contributed by atoms with Crippen LogP contribution in [0.1, 0.15) is 18.1 Å². The average Bonchev–Trinajstić information content (AvgIpc) is 2.72. The first-order valence-electron chi connectivity index (χ1n) is 9.71. The van der Waals surface area contributed by atoms with Crippen LogP contribution in [-0.4, -0.2) is 43.5 Å². The molecule has 0 aliphatic heterocycles. The zero-order valence-electron chi connectivity index (χ0n) is 17.3. The van der Waals surface area contributed by atoms with Gasteiger partial charge >= 0.3 is 0 Å². The van der Waals surface area contributed by atoms with Crippen LogP contribution in [0, 0.1) is 18.3 Å². The Morgan fingerprint density at radius 3 is 1.81 bits per heavy atom. The van der Waals surface area contributed by atoms with E-state index in [-0.39, 0.29) is 25.7 Å². The fourth-order valence-corrected chi connectivity index (χ4v) is 5.80. The Morgan fingerprint density at radius 1 is 0.906 bits per heavy atom. The number of alkyl halides is 1. The Kier molecular flexibility index (Phi) is 12.4. The Balaban J connectivity index is 2.06. The summed E-state index contributed by atoms with van der Waals surface area (Å²) in [5, 5.41) is 9.95. The molecule has 2 aromatic rings. The molecule has 0 radical (unpaired) electrons. The van der Waals surface area contributed by atoms with Crippen molar-refractivity contribution < 1.29 is 19.3 Å². The van der Waals surface area contributed by atoms with E-state index in [1.54, 1.807) is 0 Å². The molecule has 0 unspecified atom stereocenters. The lowest BCUT2D eigenvalue weighted by molar-refractivity contribution is 0.0225. The van der Waals surface area contributed by atoms with Gasteiger partial charge in [0, 0.05) is 11.8 Å². The minimum Gasteiger partial charge on any atom is -0.491 e. The normalized spacial score (nSPS) is 12.8. The van der Waals surface area contributed by atoms with Crippen molar-refractivity contribution in [2.24, 2.45) is 5.92 Å². The zero-order chi connectivity index (χ0) is 23.7. The van der Waals surface area contributed by atoms with Gasteiger partial charge in [-0.2, -0.15) is 0 Å². The zero-order valence-corrected chi connectivity index (χ0v) is 24.4. The lowest BCUT2D eigenvalue weighted by Crippen LogP contribution is -2.23. The third-order valence-electron chi connectivity index (χ3n) is 4.22. The highest BCUT2D eigenvalue weighted by Gasteiger charge is 2.15. The maximum Gasteiger partial charge on any atom is 0.147 e. The SMILES string of the molecule is C#CCOC[C@@H](O)COc1c(Br)cc(Cc2cc(Br)c(OC[C@H](C)CCl)c(Br)c2)cc1Br. The maximum absolute atomic E-state index is 9.95. The standard InChI is InChI=1S/C23H23Br4ClO4/c1-3-4-30-12-17(29)13-32-23-20(26)8-16(9-21(23)27)5-15-6-18(24)22(19(25)7-15)31-11-14(2)10-28/h1,6-9,14,17,29H,4-5,10-13H2,2H3/t14-,17-/m1/s1. The van der Waals surface area contributed by atoms with Crippen LogP contribution in [0.15, 0.2) is 42.2 Å². The molecule has 0 bridgehead atoms. The number of hydrogen-bond acceptors (Lipinski definition) is 4. The topological polar surface area (TPSA) is 47.9 Å². The van der Waals surface area contributed by atoms with Gasteiger partial charge in [-0.05, 0) is 106 Å². The van der Waals surface area contributed by atoms with Crippen molar-refractivity contribution in [1.82, 2.24) is 0 Å². The van der Waals surface area contributed by atoms with Crippen molar-refractivity contribution in [3.8, 4) is 23.8 Å². The van der Waals surface area contributed by atoms with Crippen LogP contribution in [0.2, 0.25) is 0 Å². The quantitative estimate of drug-likeness (QED) is 0.147. The second-order valence-electron chi connectivity index (χ2n) is 7.21. The van der Waals surface area contributed by atoms with Gasteiger partial charge in [-0.1, -0.05) is 12.8 Å². The molecule has 0 aliphatic rings. The van der Waals surface area contributed by atoms with Crippen LogP contribution in [0.3, 0.4) is 0 Å². The molecule has 0 amide bonds. The predicted octanol–water partition coefficient (Wildman–Crippen LogP) is 6.97. The Bertz CT molecular complexity index is 902. The number of ether oxygens (including phenoxy) is 3. The van der Waals surface area contributed by atoms with Gasteiger partial charge in [0.1, 0.15) is 30.8 Å². The van der Waals surface area contributed by atoms with Crippen molar-refractivity contribution in [3.63, 3.8) is 0 Å². The summed E-state index contributed by atoms with van der Waals surface area (Å²) in [4.78, 5) is 0. The van der Waals surface area contributed by atoms with Crippen LogP contribution in [0.25, 0.3) is 0 Å². The molecule has 32 heavy (non-hydrogen) atoms. The number of aliphatic hydroxyl groups is 1. The van der Waals surface area contributed by atoms with Crippen LogP contribution in [0.5, 0.6) is 11.5 Å². The minimum absolute atomic E-state index is 0.0881. The van der Waals surface area contributed by atoms with E-state index in [9.17, 15) is 5.11 Å². The van der Waals surface area contributed by atoms with Crippen molar-refractivity contribution in [2.75, 3.05) is 32.3 Å². The van der Waals surface area contributed by atoms with Gasteiger partial charge in [-0.15, -0.1) is 18.0 Å². The molecule has 174 valence electrons. The van der Waals surface area contributed by atoms with Gasteiger partial charge in [-0.3, -0.25) is 0 Å². The van der Waals surface area contributed by atoms with E-state index in [1.807, 2.05) is 31.2 Å².